The van der Waals surface area contributed by atoms with Crippen molar-refractivity contribution in [1.82, 2.24) is 4.98 Å². The van der Waals surface area contributed by atoms with Gasteiger partial charge in [0.2, 0.25) is 5.89 Å². The molecular weight excluding hydrogens is 384 g/mol. The number of likely N-dealkylation sites (N-methyl/N-ethyl adjacent to an activating group) is 1. The second-order valence-electron chi connectivity index (χ2n) is 6.40. The molecule has 4 rings (SSSR count). The van der Waals surface area contributed by atoms with E-state index < -0.39 is 0 Å². The Hall–Kier alpha value is -2.31. The highest BCUT2D eigenvalue weighted by molar-refractivity contribution is 7.19. The van der Waals surface area contributed by atoms with Gasteiger partial charge in [0.05, 0.1) is 27.9 Å². The smallest absolute Gasteiger partial charge is 0.312 e. The van der Waals surface area contributed by atoms with E-state index >= 15 is 0 Å². The maximum atomic E-state index is 12.0. The lowest BCUT2D eigenvalue weighted by Crippen LogP contribution is -2.12. The molecule has 0 spiro atoms. The fourth-order valence-corrected chi connectivity index (χ4v) is 4.32. The standard InChI is InChI=1S/C20H19ClN2O3S/c1-3-25-18(24)11-14-19(16-6-7-17(21)27-16)26-20(22-14)13-4-5-15-12(10-13)8-9-23(15)2/h4-7,10H,3,8-9,11H2,1-2H3. The monoisotopic (exact) mass is 402 g/mol. The van der Waals surface area contributed by atoms with E-state index in [0.29, 0.717) is 28.3 Å². The van der Waals surface area contributed by atoms with Crippen LogP contribution < -0.4 is 4.90 Å². The van der Waals surface area contributed by atoms with Gasteiger partial charge in [-0.05, 0) is 49.2 Å². The third kappa shape index (κ3) is 3.59. The van der Waals surface area contributed by atoms with Gasteiger partial charge in [-0.2, -0.15) is 0 Å². The number of halogens is 1. The van der Waals surface area contributed by atoms with Crippen molar-refractivity contribution in [1.29, 1.82) is 0 Å². The molecule has 0 radical (unpaired) electrons. The number of benzene rings is 1. The van der Waals surface area contributed by atoms with Crippen molar-refractivity contribution in [3.8, 4) is 22.1 Å². The average Bonchev–Trinajstić information content (AvgIpc) is 3.34. The molecule has 0 fully saturated rings. The van der Waals surface area contributed by atoms with Crippen LogP contribution in [0.15, 0.2) is 34.7 Å². The Morgan fingerprint density at radius 3 is 2.96 bits per heavy atom. The van der Waals surface area contributed by atoms with Crippen LogP contribution in [0.4, 0.5) is 5.69 Å². The van der Waals surface area contributed by atoms with Crippen molar-refractivity contribution in [3.05, 3.63) is 45.9 Å². The summed E-state index contributed by atoms with van der Waals surface area (Å²) in [4.78, 5) is 19.7. The fourth-order valence-electron chi connectivity index (χ4n) is 3.27. The number of hydrogen-bond acceptors (Lipinski definition) is 6. The van der Waals surface area contributed by atoms with Crippen LogP contribution in [0, 0.1) is 0 Å². The number of rotatable bonds is 5. The third-order valence-electron chi connectivity index (χ3n) is 4.57. The Morgan fingerprint density at radius 2 is 2.22 bits per heavy atom. The van der Waals surface area contributed by atoms with E-state index in [1.54, 1.807) is 6.92 Å². The maximum absolute atomic E-state index is 12.0. The summed E-state index contributed by atoms with van der Waals surface area (Å²) in [6, 6.07) is 9.90. The number of thiophene rings is 1. The molecule has 0 amide bonds. The number of aromatic nitrogens is 1. The molecule has 27 heavy (non-hydrogen) atoms. The first-order chi connectivity index (χ1) is 13.0. The minimum atomic E-state index is -0.322. The van der Waals surface area contributed by atoms with Crippen LogP contribution in [0.1, 0.15) is 18.2 Å². The molecule has 0 unspecified atom stereocenters. The second kappa shape index (κ2) is 7.37. The topological polar surface area (TPSA) is 55.6 Å². The molecule has 1 aliphatic rings. The normalized spacial score (nSPS) is 13.1. The van der Waals surface area contributed by atoms with E-state index in [9.17, 15) is 4.79 Å². The van der Waals surface area contributed by atoms with Crippen molar-refractivity contribution in [2.75, 3.05) is 25.1 Å². The Morgan fingerprint density at radius 1 is 1.37 bits per heavy atom. The lowest BCUT2D eigenvalue weighted by Gasteiger charge is -2.11. The molecule has 140 valence electrons. The molecule has 1 aromatic carbocycles. The first-order valence-corrected chi connectivity index (χ1v) is 10.00. The molecule has 0 aliphatic carbocycles. The van der Waals surface area contributed by atoms with Crippen LogP contribution in [-0.2, 0) is 22.4 Å². The highest BCUT2D eigenvalue weighted by Gasteiger charge is 2.22. The lowest BCUT2D eigenvalue weighted by atomic mass is 10.1. The number of carbonyl (C=O) groups excluding carboxylic acids is 1. The molecule has 3 aromatic rings. The summed E-state index contributed by atoms with van der Waals surface area (Å²) < 4.78 is 11.8. The number of anilines is 1. The number of hydrogen-bond donors (Lipinski definition) is 0. The number of ether oxygens (including phenoxy) is 1. The highest BCUT2D eigenvalue weighted by Crippen LogP contribution is 2.37. The largest absolute Gasteiger partial charge is 0.466 e. The Balaban J connectivity index is 1.73. The van der Waals surface area contributed by atoms with Crippen molar-refractivity contribution >= 4 is 34.6 Å². The van der Waals surface area contributed by atoms with E-state index in [2.05, 4.69) is 29.1 Å². The van der Waals surface area contributed by atoms with Gasteiger partial charge in [0.25, 0.3) is 0 Å². The molecule has 0 atom stereocenters. The molecule has 2 aromatic heterocycles. The van der Waals surface area contributed by atoms with Gasteiger partial charge in [0, 0.05) is 24.8 Å². The summed E-state index contributed by atoms with van der Waals surface area (Å²) in [5.41, 5.74) is 3.99. The number of oxazole rings is 1. The maximum Gasteiger partial charge on any atom is 0.312 e. The summed E-state index contributed by atoms with van der Waals surface area (Å²) in [5.74, 6) is 0.760. The van der Waals surface area contributed by atoms with Gasteiger partial charge in [-0.25, -0.2) is 4.98 Å². The lowest BCUT2D eigenvalue weighted by molar-refractivity contribution is -0.142. The highest BCUT2D eigenvalue weighted by atomic mass is 35.5. The van der Waals surface area contributed by atoms with Crippen LogP contribution in [0.5, 0.6) is 0 Å². The Labute approximate surface area is 166 Å². The van der Waals surface area contributed by atoms with Gasteiger partial charge in [0.15, 0.2) is 5.76 Å². The summed E-state index contributed by atoms with van der Waals surface area (Å²) >= 11 is 7.48. The van der Waals surface area contributed by atoms with Gasteiger partial charge in [-0.15, -0.1) is 11.3 Å². The summed E-state index contributed by atoms with van der Waals surface area (Å²) in [6.07, 6.45) is 1.07. The van der Waals surface area contributed by atoms with Crippen LogP contribution in [-0.4, -0.2) is 31.2 Å². The minimum Gasteiger partial charge on any atom is -0.466 e. The van der Waals surface area contributed by atoms with Crippen LogP contribution in [0.25, 0.3) is 22.1 Å². The van der Waals surface area contributed by atoms with Crippen LogP contribution in [0.3, 0.4) is 0 Å². The fraction of sp³-hybridized carbons (Fsp3) is 0.300. The summed E-state index contributed by atoms with van der Waals surface area (Å²) in [7, 11) is 2.09. The Kier molecular flexibility index (Phi) is 4.93. The minimum absolute atomic E-state index is 0.0653. The average molecular weight is 403 g/mol. The number of carbonyl (C=O) groups is 1. The van der Waals surface area contributed by atoms with E-state index in [1.807, 2.05) is 18.2 Å². The SMILES string of the molecule is CCOC(=O)Cc1nc(-c2ccc3c(c2)CCN3C)oc1-c1ccc(Cl)s1. The molecule has 0 bridgehead atoms. The van der Waals surface area contributed by atoms with Gasteiger partial charge in [-0.3, -0.25) is 4.79 Å². The molecule has 0 saturated heterocycles. The molecule has 7 heteroatoms. The quantitative estimate of drug-likeness (QED) is 0.572. The number of nitrogens with zero attached hydrogens (tertiary/aromatic N) is 2. The predicted octanol–water partition coefficient (Wildman–Crippen LogP) is 4.82. The van der Waals surface area contributed by atoms with Crippen LogP contribution >= 0.6 is 22.9 Å². The van der Waals surface area contributed by atoms with E-state index in [0.717, 1.165) is 23.4 Å². The van der Waals surface area contributed by atoms with Gasteiger partial charge < -0.3 is 14.1 Å². The van der Waals surface area contributed by atoms with E-state index in [-0.39, 0.29) is 12.4 Å². The second-order valence-corrected chi connectivity index (χ2v) is 8.11. The Bertz CT molecular complexity index is 995. The summed E-state index contributed by atoms with van der Waals surface area (Å²) in [6.45, 7) is 3.13. The zero-order chi connectivity index (χ0) is 19.0. The molecular formula is C20H19ClN2O3S. The van der Waals surface area contributed by atoms with E-state index in [4.69, 9.17) is 20.8 Å². The number of esters is 1. The molecule has 0 saturated carbocycles. The van der Waals surface area contributed by atoms with Gasteiger partial charge in [0.1, 0.15) is 0 Å². The zero-order valence-corrected chi connectivity index (χ0v) is 16.7. The van der Waals surface area contributed by atoms with Crippen molar-refractivity contribution < 1.29 is 13.9 Å². The number of fused-ring (bicyclic) bond motifs is 1. The van der Waals surface area contributed by atoms with E-state index in [1.165, 1.54) is 22.6 Å². The first-order valence-electron chi connectivity index (χ1n) is 8.80. The van der Waals surface area contributed by atoms with Gasteiger partial charge >= 0.3 is 5.97 Å². The predicted molar refractivity (Wildman–Crippen MR) is 108 cm³/mol. The summed E-state index contributed by atoms with van der Waals surface area (Å²) in [5, 5.41) is 0. The third-order valence-corrected chi connectivity index (χ3v) is 5.80. The van der Waals surface area contributed by atoms with Crippen molar-refractivity contribution in [3.63, 3.8) is 0 Å². The molecule has 1 aliphatic heterocycles. The van der Waals surface area contributed by atoms with Crippen molar-refractivity contribution in [2.24, 2.45) is 0 Å². The molecule has 3 heterocycles. The molecule has 0 N–H and O–H groups in total. The zero-order valence-electron chi connectivity index (χ0n) is 15.1. The van der Waals surface area contributed by atoms with Crippen molar-refractivity contribution in [2.45, 2.75) is 19.8 Å². The van der Waals surface area contributed by atoms with Crippen LogP contribution in [0.2, 0.25) is 4.34 Å². The van der Waals surface area contributed by atoms with Gasteiger partial charge in [-0.1, -0.05) is 11.6 Å². The first kappa shape index (κ1) is 18.1. The molecule has 5 nitrogen and oxygen atoms in total.